The zero-order valence-corrected chi connectivity index (χ0v) is 9.23. The van der Waals surface area contributed by atoms with Crippen LogP contribution >= 0.6 is 0 Å². The maximum Gasteiger partial charge on any atom is 0.229 e. The predicted octanol–water partition coefficient (Wildman–Crippen LogP) is 1.06. The smallest absolute Gasteiger partial charge is 0.229 e. The van der Waals surface area contributed by atoms with Crippen LogP contribution in [0.2, 0.25) is 0 Å². The van der Waals surface area contributed by atoms with E-state index < -0.39 is 5.41 Å². The van der Waals surface area contributed by atoms with Gasteiger partial charge in [0.05, 0.1) is 11.1 Å². The summed E-state index contributed by atoms with van der Waals surface area (Å²) in [5.41, 5.74) is 6.02. The number of hydrogen-bond donors (Lipinski definition) is 1. The van der Waals surface area contributed by atoms with Crippen LogP contribution in [0.3, 0.4) is 0 Å². The summed E-state index contributed by atoms with van der Waals surface area (Å²) in [4.78, 5) is 11.4. The van der Waals surface area contributed by atoms with Crippen LogP contribution in [-0.4, -0.2) is 15.7 Å². The van der Waals surface area contributed by atoms with E-state index >= 15 is 0 Å². The van der Waals surface area contributed by atoms with Crippen LogP contribution in [0.1, 0.15) is 32.4 Å². The topological polar surface area (TPSA) is 60.9 Å². The van der Waals surface area contributed by atoms with Gasteiger partial charge in [0.25, 0.3) is 0 Å². The van der Waals surface area contributed by atoms with Gasteiger partial charge in [-0.05, 0) is 24.8 Å². The number of carbonyl (C=O) groups is 1. The van der Waals surface area contributed by atoms with Crippen molar-refractivity contribution in [1.29, 1.82) is 0 Å². The summed E-state index contributed by atoms with van der Waals surface area (Å²) in [7, 11) is 0. The lowest BCUT2D eigenvalue weighted by atomic mass is 10.0. The van der Waals surface area contributed by atoms with Gasteiger partial charge in [-0.2, -0.15) is 5.10 Å². The van der Waals surface area contributed by atoms with Crippen LogP contribution in [0.25, 0.3) is 0 Å². The number of nitrogens with two attached hydrogens (primary N) is 1. The van der Waals surface area contributed by atoms with Gasteiger partial charge in [-0.1, -0.05) is 13.8 Å². The summed E-state index contributed by atoms with van der Waals surface area (Å²) < 4.78 is 1.92. The highest BCUT2D eigenvalue weighted by atomic mass is 16.1. The second-order valence-electron chi connectivity index (χ2n) is 4.74. The first-order valence-electron chi connectivity index (χ1n) is 5.38. The predicted molar refractivity (Wildman–Crippen MR) is 57.2 cm³/mol. The molecule has 15 heavy (non-hydrogen) atoms. The van der Waals surface area contributed by atoms with E-state index in [4.69, 9.17) is 5.73 Å². The molecule has 1 saturated carbocycles. The van der Waals surface area contributed by atoms with E-state index in [-0.39, 0.29) is 5.91 Å². The number of primary amides is 1. The highest BCUT2D eigenvalue weighted by Crippen LogP contribution is 2.47. The number of nitrogens with zero attached hydrogens (tertiary/aromatic N) is 2. The quantitative estimate of drug-likeness (QED) is 0.802. The molecule has 0 bridgehead atoms. The monoisotopic (exact) mass is 207 g/mol. The molecule has 1 aromatic rings. The third-order valence-corrected chi connectivity index (χ3v) is 2.97. The van der Waals surface area contributed by atoms with Crippen LogP contribution in [0.4, 0.5) is 0 Å². The Hall–Kier alpha value is -1.32. The summed E-state index contributed by atoms with van der Waals surface area (Å²) in [5.74, 6) is 0.306. The maximum atomic E-state index is 11.4. The summed E-state index contributed by atoms with van der Waals surface area (Å²) in [6.07, 6.45) is 3.49. The lowest BCUT2D eigenvalue weighted by Crippen LogP contribution is -2.31. The van der Waals surface area contributed by atoms with E-state index in [9.17, 15) is 4.79 Å². The first-order valence-corrected chi connectivity index (χ1v) is 5.38. The molecule has 1 heterocycles. The Morgan fingerprint density at radius 3 is 2.80 bits per heavy atom. The Kier molecular flexibility index (Phi) is 2.29. The van der Waals surface area contributed by atoms with Crippen molar-refractivity contribution >= 4 is 5.91 Å². The van der Waals surface area contributed by atoms with E-state index in [1.54, 1.807) is 6.20 Å². The van der Waals surface area contributed by atoms with E-state index in [2.05, 4.69) is 18.9 Å². The fourth-order valence-corrected chi connectivity index (χ4v) is 1.98. The zero-order chi connectivity index (χ0) is 11.1. The summed E-state index contributed by atoms with van der Waals surface area (Å²) in [6.45, 7) is 5.11. The van der Waals surface area contributed by atoms with Crippen molar-refractivity contribution in [3.63, 3.8) is 0 Å². The van der Waals surface area contributed by atoms with Gasteiger partial charge >= 0.3 is 0 Å². The average molecular weight is 207 g/mol. The van der Waals surface area contributed by atoms with E-state index in [1.807, 2.05) is 10.7 Å². The Morgan fingerprint density at radius 1 is 1.67 bits per heavy atom. The Bertz CT molecular complexity index is 377. The van der Waals surface area contributed by atoms with Crippen molar-refractivity contribution in [3.8, 4) is 0 Å². The van der Waals surface area contributed by atoms with Gasteiger partial charge in [-0.15, -0.1) is 0 Å². The molecule has 1 amide bonds. The Morgan fingerprint density at radius 2 is 2.33 bits per heavy atom. The number of aromatic nitrogens is 2. The lowest BCUT2D eigenvalue weighted by Gasteiger charge is -2.15. The van der Waals surface area contributed by atoms with Crippen molar-refractivity contribution in [2.45, 2.75) is 38.6 Å². The SMILES string of the molecule is CC(C)Cn1nccc1C1(C(N)=O)CC1. The Balaban J connectivity index is 2.29. The van der Waals surface area contributed by atoms with Gasteiger partial charge in [0.15, 0.2) is 0 Å². The van der Waals surface area contributed by atoms with Gasteiger partial charge in [-0.25, -0.2) is 0 Å². The summed E-state index contributed by atoms with van der Waals surface area (Å²) >= 11 is 0. The van der Waals surface area contributed by atoms with Crippen molar-refractivity contribution in [2.75, 3.05) is 0 Å². The molecule has 82 valence electrons. The van der Waals surface area contributed by atoms with Crippen LogP contribution in [0.5, 0.6) is 0 Å². The summed E-state index contributed by atoms with van der Waals surface area (Å²) in [5, 5.41) is 4.25. The third kappa shape index (κ3) is 1.64. The molecule has 1 aliphatic rings. The molecule has 0 radical (unpaired) electrons. The van der Waals surface area contributed by atoms with Gasteiger partial charge in [-0.3, -0.25) is 9.48 Å². The van der Waals surface area contributed by atoms with E-state index in [0.29, 0.717) is 5.92 Å². The fraction of sp³-hybridized carbons (Fsp3) is 0.636. The zero-order valence-electron chi connectivity index (χ0n) is 9.23. The van der Waals surface area contributed by atoms with Gasteiger partial charge in [0, 0.05) is 12.7 Å². The molecule has 2 N–H and O–H groups in total. The van der Waals surface area contributed by atoms with E-state index in [0.717, 1.165) is 25.1 Å². The minimum atomic E-state index is -0.411. The molecule has 0 atom stereocenters. The standard InChI is InChI=1S/C11H17N3O/c1-8(2)7-14-9(3-6-13-14)11(4-5-11)10(12)15/h3,6,8H,4-5,7H2,1-2H3,(H2,12,15). The maximum absolute atomic E-state index is 11.4. The minimum absolute atomic E-state index is 0.215. The third-order valence-electron chi connectivity index (χ3n) is 2.97. The van der Waals surface area contributed by atoms with Crippen LogP contribution in [0, 0.1) is 5.92 Å². The second kappa shape index (κ2) is 3.36. The number of rotatable bonds is 4. The highest BCUT2D eigenvalue weighted by molar-refractivity contribution is 5.89. The van der Waals surface area contributed by atoms with Gasteiger partial charge in [0.2, 0.25) is 5.91 Å². The minimum Gasteiger partial charge on any atom is -0.369 e. The largest absolute Gasteiger partial charge is 0.369 e. The molecular formula is C11H17N3O. The number of carbonyl (C=O) groups excluding carboxylic acids is 1. The molecule has 4 heteroatoms. The highest BCUT2D eigenvalue weighted by Gasteiger charge is 2.52. The second-order valence-corrected chi connectivity index (χ2v) is 4.74. The van der Waals surface area contributed by atoms with Crippen LogP contribution < -0.4 is 5.73 Å². The molecule has 1 fully saturated rings. The van der Waals surface area contributed by atoms with Crippen molar-refractivity contribution < 1.29 is 4.79 Å². The van der Waals surface area contributed by atoms with E-state index in [1.165, 1.54) is 0 Å². The fourth-order valence-electron chi connectivity index (χ4n) is 1.98. The van der Waals surface area contributed by atoms with Crippen molar-refractivity contribution in [3.05, 3.63) is 18.0 Å². The van der Waals surface area contributed by atoms with Crippen LogP contribution in [0.15, 0.2) is 12.3 Å². The molecule has 0 spiro atoms. The number of hydrogen-bond acceptors (Lipinski definition) is 2. The molecule has 0 saturated heterocycles. The van der Waals surface area contributed by atoms with Crippen LogP contribution in [-0.2, 0) is 16.8 Å². The summed E-state index contributed by atoms with van der Waals surface area (Å²) in [6, 6.07) is 1.92. The number of amides is 1. The molecule has 2 rings (SSSR count). The average Bonchev–Trinajstić information content (AvgIpc) is 2.83. The molecule has 0 aromatic carbocycles. The normalized spacial score (nSPS) is 18.1. The Labute approximate surface area is 89.5 Å². The molecule has 1 aromatic heterocycles. The first kappa shape index (κ1) is 10.2. The lowest BCUT2D eigenvalue weighted by molar-refractivity contribution is -0.120. The van der Waals surface area contributed by atoms with Gasteiger partial charge in [0.1, 0.15) is 0 Å². The molecule has 4 nitrogen and oxygen atoms in total. The molecular weight excluding hydrogens is 190 g/mol. The van der Waals surface area contributed by atoms with Gasteiger partial charge < -0.3 is 5.73 Å². The molecule has 1 aliphatic carbocycles. The first-order chi connectivity index (χ1) is 7.06. The van der Waals surface area contributed by atoms with Crippen molar-refractivity contribution in [2.24, 2.45) is 11.7 Å². The molecule has 0 aliphatic heterocycles. The molecule has 0 unspecified atom stereocenters. The van der Waals surface area contributed by atoms with Crippen molar-refractivity contribution in [1.82, 2.24) is 9.78 Å².